The predicted molar refractivity (Wildman–Crippen MR) is 57.8 cm³/mol. The lowest BCUT2D eigenvalue weighted by atomic mass is 10.0. The van der Waals surface area contributed by atoms with Gasteiger partial charge in [0.25, 0.3) is 0 Å². The van der Waals surface area contributed by atoms with Crippen molar-refractivity contribution in [3.63, 3.8) is 0 Å². The number of amides is 1. The van der Waals surface area contributed by atoms with Crippen molar-refractivity contribution in [2.75, 3.05) is 18.1 Å². The molecule has 15 heavy (non-hydrogen) atoms. The highest BCUT2D eigenvalue weighted by Gasteiger charge is 2.59. The van der Waals surface area contributed by atoms with E-state index in [9.17, 15) is 9.59 Å². The van der Waals surface area contributed by atoms with Gasteiger partial charge < -0.3 is 10.0 Å². The molecule has 1 N–H and O–H groups in total. The lowest BCUT2D eigenvalue weighted by molar-refractivity contribution is -0.154. The topological polar surface area (TPSA) is 57.6 Å². The summed E-state index contributed by atoms with van der Waals surface area (Å²) in [6, 6.07) is 0.174. The molecule has 1 saturated carbocycles. The number of nitrogens with zero attached hydrogens (tertiary/aromatic N) is 1. The van der Waals surface area contributed by atoms with Crippen molar-refractivity contribution in [3.8, 4) is 0 Å². The zero-order valence-electron chi connectivity index (χ0n) is 8.73. The van der Waals surface area contributed by atoms with Gasteiger partial charge in [0.1, 0.15) is 5.41 Å². The first-order valence-corrected chi connectivity index (χ1v) is 6.35. The smallest absolute Gasteiger partial charge is 0.319 e. The van der Waals surface area contributed by atoms with E-state index in [4.69, 9.17) is 5.11 Å². The van der Waals surface area contributed by atoms with E-state index in [0.717, 1.165) is 11.5 Å². The Kier molecular flexibility index (Phi) is 2.66. The van der Waals surface area contributed by atoms with Crippen molar-refractivity contribution in [2.24, 2.45) is 5.41 Å². The Bertz CT molecular complexity index is 301. The minimum atomic E-state index is -1.06. The molecule has 1 atom stereocenters. The van der Waals surface area contributed by atoms with Gasteiger partial charge in [0, 0.05) is 24.1 Å². The minimum Gasteiger partial charge on any atom is -0.480 e. The van der Waals surface area contributed by atoms with Crippen LogP contribution in [0.3, 0.4) is 0 Å². The Hall–Kier alpha value is -0.710. The highest BCUT2D eigenvalue weighted by atomic mass is 32.2. The molecule has 2 fully saturated rings. The summed E-state index contributed by atoms with van der Waals surface area (Å²) in [6.45, 7) is 2.68. The van der Waals surface area contributed by atoms with E-state index in [-0.39, 0.29) is 11.9 Å². The van der Waals surface area contributed by atoms with Crippen molar-refractivity contribution in [1.82, 2.24) is 4.90 Å². The molecule has 1 aliphatic heterocycles. The van der Waals surface area contributed by atoms with Gasteiger partial charge in [0.15, 0.2) is 0 Å². The second-order valence-electron chi connectivity index (χ2n) is 4.31. The summed E-state index contributed by atoms with van der Waals surface area (Å²) in [7, 11) is 0. The van der Waals surface area contributed by atoms with Crippen LogP contribution >= 0.6 is 11.8 Å². The zero-order chi connectivity index (χ0) is 11.1. The predicted octanol–water partition coefficient (Wildman–Crippen LogP) is 0.815. The molecule has 0 aromatic rings. The van der Waals surface area contributed by atoms with Crippen LogP contribution in [0.1, 0.15) is 19.8 Å². The Balaban J connectivity index is 2.10. The second-order valence-corrected chi connectivity index (χ2v) is 5.46. The second kappa shape index (κ2) is 3.70. The van der Waals surface area contributed by atoms with Crippen LogP contribution < -0.4 is 0 Å². The molecule has 1 aliphatic carbocycles. The first-order chi connectivity index (χ1) is 7.08. The summed E-state index contributed by atoms with van der Waals surface area (Å²) in [5.74, 6) is 0.730. The van der Waals surface area contributed by atoms with E-state index >= 15 is 0 Å². The molecule has 2 rings (SSSR count). The molecule has 1 saturated heterocycles. The third-order valence-corrected chi connectivity index (χ3v) is 4.39. The number of hydrogen-bond acceptors (Lipinski definition) is 3. The van der Waals surface area contributed by atoms with Gasteiger partial charge >= 0.3 is 5.97 Å². The number of carbonyl (C=O) groups is 2. The number of rotatable bonds is 2. The molecule has 1 unspecified atom stereocenters. The van der Waals surface area contributed by atoms with Gasteiger partial charge in [0.05, 0.1) is 0 Å². The first kappa shape index (κ1) is 10.8. The number of carboxylic acids is 1. The number of aliphatic carboxylic acids is 1. The van der Waals surface area contributed by atoms with Crippen LogP contribution in [-0.2, 0) is 9.59 Å². The highest BCUT2D eigenvalue weighted by Crippen LogP contribution is 2.48. The van der Waals surface area contributed by atoms with E-state index in [1.165, 1.54) is 0 Å². The van der Waals surface area contributed by atoms with Crippen LogP contribution in [0.15, 0.2) is 0 Å². The average Bonchev–Trinajstić information content (AvgIpc) is 2.98. The molecule has 4 nitrogen and oxygen atoms in total. The fraction of sp³-hybridized carbons (Fsp3) is 0.800. The normalized spacial score (nSPS) is 28.6. The number of carbonyl (C=O) groups excluding carboxylic acids is 1. The van der Waals surface area contributed by atoms with Crippen molar-refractivity contribution in [2.45, 2.75) is 25.8 Å². The third-order valence-electron chi connectivity index (χ3n) is 3.20. The van der Waals surface area contributed by atoms with Crippen molar-refractivity contribution in [1.29, 1.82) is 0 Å². The van der Waals surface area contributed by atoms with Crippen LogP contribution in [0, 0.1) is 5.41 Å². The van der Waals surface area contributed by atoms with E-state index < -0.39 is 11.4 Å². The number of hydrogen-bond donors (Lipinski definition) is 1. The lowest BCUT2D eigenvalue weighted by Crippen LogP contribution is -2.49. The highest BCUT2D eigenvalue weighted by molar-refractivity contribution is 7.99. The third kappa shape index (κ3) is 1.73. The van der Waals surface area contributed by atoms with Crippen LogP contribution in [0.2, 0.25) is 0 Å². The Labute approximate surface area is 93.0 Å². The van der Waals surface area contributed by atoms with Gasteiger partial charge in [-0.05, 0) is 19.8 Å². The van der Waals surface area contributed by atoms with Gasteiger partial charge in [-0.3, -0.25) is 9.59 Å². The molecular formula is C10H15NO3S. The van der Waals surface area contributed by atoms with Gasteiger partial charge in [-0.25, -0.2) is 0 Å². The standard InChI is InChI=1S/C10H15NO3S/c1-7-6-15-5-4-11(7)8(12)10(2-3-10)9(13)14/h7H,2-6H2,1H3,(H,13,14). The molecule has 5 heteroatoms. The fourth-order valence-corrected chi connectivity index (χ4v) is 2.96. The maximum atomic E-state index is 12.1. The van der Waals surface area contributed by atoms with Crippen LogP contribution in [0.25, 0.3) is 0 Å². The summed E-state index contributed by atoms with van der Waals surface area (Å²) in [6.07, 6.45) is 1.02. The van der Waals surface area contributed by atoms with E-state index in [1.807, 2.05) is 18.7 Å². The Morgan fingerprint density at radius 2 is 2.13 bits per heavy atom. The molecule has 0 radical (unpaired) electrons. The molecule has 84 valence electrons. The molecule has 1 heterocycles. The van der Waals surface area contributed by atoms with E-state index in [2.05, 4.69) is 0 Å². The Morgan fingerprint density at radius 1 is 1.47 bits per heavy atom. The van der Waals surface area contributed by atoms with Gasteiger partial charge in [-0.2, -0.15) is 11.8 Å². The summed E-state index contributed by atoms with van der Waals surface area (Å²) in [5, 5.41) is 9.04. The monoisotopic (exact) mass is 229 g/mol. The molecule has 0 spiro atoms. The van der Waals surface area contributed by atoms with Gasteiger partial charge in [-0.15, -0.1) is 0 Å². The maximum absolute atomic E-state index is 12.1. The first-order valence-electron chi connectivity index (χ1n) is 5.20. The number of thioether (sulfide) groups is 1. The van der Waals surface area contributed by atoms with Gasteiger partial charge in [0.2, 0.25) is 5.91 Å². The molecule has 0 aromatic heterocycles. The van der Waals surface area contributed by atoms with Crippen LogP contribution in [0.5, 0.6) is 0 Å². The molecule has 2 aliphatic rings. The summed E-state index contributed by atoms with van der Waals surface area (Å²) in [5.41, 5.74) is -1.06. The largest absolute Gasteiger partial charge is 0.480 e. The van der Waals surface area contributed by atoms with Crippen molar-refractivity contribution < 1.29 is 14.7 Å². The minimum absolute atomic E-state index is 0.164. The summed E-state index contributed by atoms with van der Waals surface area (Å²) < 4.78 is 0. The molecule has 0 bridgehead atoms. The summed E-state index contributed by atoms with van der Waals surface area (Å²) in [4.78, 5) is 24.8. The fourth-order valence-electron chi connectivity index (χ4n) is 1.95. The van der Waals surface area contributed by atoms with Gasteiger partial charge in [-0.1, -0.05) is 0 Å². The lowest BCUT2D eigenvalue weighted by Gasteiger charge is -2.34. The van der Waals surface area contributed by atoms with Crippen LogP contribution in [0.4, 0.5) is 0 Å². The molecule has 0 aromatic carbocycles. The zero-order valence-corrected chi connectivity index (χ0v) is 9.55. The van der Waals surface area contributed by atoms with Crippen molar-refractivity contribution >= 4 is 23.6 Å². The quantitative estimate of drug-likeness (QED) is 0.712. The maximum Gasteiger partial charge on any atom is 0.319 e. The van der Waals surface area contributed by atoms with E-state index in [1.54, 1.807) is 4.90 Å². The molecular weight excluding hydrogens is 214 g/mol. The average molecular weight is 229 g/mol. The van der Waals surface area contributed by atoms with Crippen molar-refractivity contribution in [3.05, 3.63) is 0 Å². The van der Waals surface area contributed by atoms with E-state index in [0.29, 0.717) is 19.4 Å². The SMILES string of the molecule is CC1CSCCN1C(=O)C1(C(=O)O)CC1. The molecule has 1 amide bonds. The van der Waals surface area contributed by atoms with Crippen LogP contribution in [-0.4, -0.2) is 46.0 Å². The Morgan fingerprint density at radius 3 is 2.60 bits per heavy atom. The summed E-state index contributed by atoms with van der Waals surface area (Å²) >= 11 is 1.82. The number of carboxylic acid groups (broad SMARTS) is 1.